The third-order valence-corrected chi connectivity index (χ3v) is 5.71. The number of aryl methyl sites for hydroxylation is 1. The molecule has 1 heterocycles. The number of hydrogen-bond acceptors (Lipinski definition) is 4. The molecule has 1 aliphatic heterocycles. The van der Waals surface area contributed by atoms with Crippen LogP contribution in [-0.2, 0) is 35.5 Å². The van der Waals surface area contributed by atoms with E-state index in [1.54, 1.807) is 19.1 Å². The molecule has 0 saturated heterocycles. The number of anilines is 1. The second kappa shape index (κ2) is 10.3. The summed E-state index contributed by atoms with van der Waals surface area (Å²) in [7, 11) is 0. The molecular weight excluding hydrogens is 405 g/mol. The van der Waals surface area contributed by atoms with Gasteiger partial charge in [0.1, 0.15) is 18.2 Å². The highest BCUT2D eigenvalue weighted by atomic mass is 19.1. The Morgan fingerprint density at radius 1 is 1.03 bits per heavy atom. The second-order valence-corrected chi connectivity index (χ2v) is 7.93. The van der Waals surface area contributed by atoms with Crippen molar-refractivity contribution in [3.63, 3.8) is 0 Å². The fraction of sp³-hybridized carbons (Fsp3) is 0.296. The summed E-state index contributed by atoms with van der Waals surface area (Å²) in [6.45, 7) is 4.30. The molecule has 0 amide bonds. The van der Waals surface area contributed by atoms with E-state index in [4.69, 9.17) is 9.47 Å². The number of halogens is 1. The predicted octanol–water partition coefficient (Wildman–Crippen LogP) is 5.46. The summed E-state index contributed by atoms with van der Waals surface area (Å²) in [4.78, 5) is 13.9. The molecule has 3 aromatic rings. The quantitative estimate of drug-likeness (QED) is 0.420. The lowest BCUT2D eigenvalue weighted by molar-refractivity contribution is -0.143. The number of fused-ring (bicyclic) bond motifs is 1. The Kier molecular flexibility index (Phi) is 7.05. The van der Waals surface area contributed by atoms with E-state index in [9.17, 15) is 9.18 Å². The summed E-state index contributed by atoms with van der Waals surface area (Å²) < 4.78 is 25.4. The van der Waals surface area contributed by atoms with Gasteiger partial charge >= 0.3 is 5.97 Å². The molecule has 0 saturated carbocycles. The predicted molar refractivity (Wildman–Crippen MR) is 123 cm³/mol. The van der Waals surface area contributed by atoms with Crippen LogP contribution in [0.2, 0.25) is 0 Å². The standard InChI is InChI=1S/C27H28FNO3/c1-2-31-26(30)14-12-21-11-13-24(17-25(21)28)32-19-23-10-6-9-22-15-16-29(27(22)23)18-20-7-4-3-5-8-20/h3-11,13,17H,2,12,14-16,18-19H2,1H3. The average Bonchev–Trinajstić information content (AvgIpc) is 3.21. The maximum atomic E-state index is 14.5. The number of para-hydroxylation sites is 1. The van der Waals surface area contributed by atoms with Crippen LogP contribution < -0.4 is 9.64 Å². The van der Waals surface area contributed by atoms with Crippen LogP contribution in [0, 0.1) is 5.82 Å². The average molecular weight is 434 g/mol. The van der Waals surface area contributed by atoms with Crippen molar-refractivity contribution in [1.29, 1.82) is 0 Å². The number of benzene rings is 3. The van der Waals surface area contributed by atoms with E-state index < -0.39 is 0 Å². The molecule has 0 radical (unpaired) electrons. The van der Waals surface area contributed by atoms with Crippen LogP contribution in [0.3, 0.4) is 0 Å². The van der Waals surface area contributed by atoms with Gasteiger partial charge in [-0.15, -0.1) is 0 Å². The summed E-state index contributed by atoms with van der Waals surface area (Å²) in [6, 6.07) is 21.6. The van der Waals surface area contributed by atoms with Gasteiger partial charge in [0.2, 0.25) is 0 Å². The number of nitrogens with zero attached hydrogens (tertiary/aromatic N) is 1. The highest BCUT2D eigenvalue weighted by Crippen LogP contribution is 2.34. The van der Waals surface area contributed by atoms with Crippen LogP contribution in [0.25, 0.3) is 0 Å². The Morgan fingerprint density at radius 3 is 2.66 bits per heavy atom. The zero-order valence-corrected chi connectivity index (χ0v) is 18.4. The van der Waals surface area contributed by atoms with Crippen molar-refractivity contribution < 1.29 is 18.7 Å². The Bertz CT molecular complexity index is 1070. The van der Waals surface area contributed by atoms with Crippen molar-refractivity contribution in [2.24, 2.45) is 0 Å². The highest BCUT2D eigenvalue weighted by Gasteiger charge is 2.22. The molecule has 4 nitrogen and oxygen atoms in total. The van der Waals surface area contributed by atoms with Gasteiger partial charge in [-0.2, -0.15) is 0 Å². The summed E-state index contributed by atoms with van der Waals surface area (Å²) in [6.07, 6.45) is 1.49. The first-order chi connectivity index (χ1) is 15.6. The third kappa shape index (κ3) is 5.28. The van der Waals surface area contributed by atoms with E-state index in [-0.39, 0.29) is 18.2 Å². The minimum absolute atomic E-state index is 0.165. The monoisotopic (exact) mass is 433 g/mol. The van der Waals surface area contributed by atoms with E-state index in [0.29, 0.717) is 30.9 Å². The zero-order chi connectivity index (χ0) is 22.3. The van der Waals surface area contributed by atoms with Gasteiger partial charge in [-0.05, 0) is 42.5 Å². The van der Waals surface area contributed by atoms with Crippen LogP contribution in [0.1, 0.15) is 35.6 Å². The Labute approximate surface area is 188 Å². The van der Waals surface area contributed by atoms with Crippen LogP contribution in [0.5, 0.6) is 5.75 Å². The molecule has 5 heteroatoms. The smallest absolute Gasteiger partial charge is 0.306 e. The van der Waals surface area contributed by atoms with Crippen molar-refractivity contribution in [3.05, 3.63) is 94.8 Å². The van der Waals surface area contributed by atoms with Gasteiger partial charge in [0, 0.05) is 36.8 Å². The molecule has 0 atom stereocenters. The lowest BCUT2D eigenvalue weighted by Gasteiger charge is -2.22. The minimum Gasteiger partial charge on any atom is -0.489 e. The topological polar surface area (TPSA) is 38.8 Å². The zero-order valence-electron chi connectivity index (χ0n) is 18.4. The van der Waals surface area contributed by atoms with Gasteiger partial charge in [-0.1, -0.05) is 54.6 Å². The van der Waals surface area contributed by atoms with E-state index in [2.05, 4.69) is 47.4 Å². The fourth-order valence-electron chi connectivity index (χ4n) is 4.15. The number of hydrogen-bond donors (Lipinski definition) is 0. The maximum absolute atomic E-state index is 14.5. The lowest BCUT2D eigenvalue weighted by atomic mass is 10.1. The molecule has 0 aromatic heterocycles. The highest BCUT2D eigenvalue weighted by molar-refractivity contribution is 5.69. The number of carbonyl (C=O) groups is 1. The number of rotatable bonds is 9. The van der Waals surface area contributed by atoms with E-state index >= 15 is 0 Å². The largest absolute Gasteiger partial charge is 0.489 e. The molecule has 4 rings (SSSR count). The number of carbonyl (C=O) groups excluding carboxylic acids is 1. The third-order valence-electron chi connectivity index (χ3n) is 5.71. The van der Waals surface area contributed by atoms with Gasteiger partial charge < -0.3 is 14.4 Å². The lowest BCUT2D eigenvalue weighted by Crippen LogP contribution is -2.21. The van der Waals surface area contributed by atoms with Crippen molar-refractivity contribution >= 4 is 11.7 Å². The van der Waals surface area contributed by atoms with Crippen molar-refractivity contribution in [2.45, 2.75) is 39.3 Å². The van der Waals surface area contributed by atoms with Gasteiger partial charge in [0.05, 0.1) is 6.61 Å². The minimum atomic E-state index is -0.365. The van der Waals surface area contributed by atoms with Crippen LogP contribution in [0.15, 0.2) is 66.7 Å². The number of ether oxygens (including phenoxy) is 2. The van der Waals surface area contributed by atoms with Crippen molar-refractivity contribution in [1.82, 2.24) is 0 Å². The van der Waals surface area contributed by atoms with E-state index in [0.717, 1.165) is 25.1 Å². The first kappa shape index (κ1) is 21.9. The molecule has 0 unspecified atom stereocenters. The summed E-state index contributed by atoms with van der Waals surface area (Å²) in [5, 5.41) is 0. The molecular formula is C27H28FNO3. The Morgan fingerprint density at radius 2 is 1.88 bits per heavy atom. The normalized spacial score (nSPS) is 12.5. The molecule has 1 aliphatic rings. The molecule has 0 N–H and O–H groups in total. The van der Waals surface area contributed by atoms with E-state index in [1.807, 2.05) is 6.07 Å². The first-order valence-corrected chi connectivity index (χ1v) is 11.1. The summed E-state index contributed by atoms with van der Waals surface area (Å²) in [5.74, 6) is -0.200. The summed E-state index contributed by atoms with van der Waals surface area (Å²) >= 11 is 0. The van der Waals surface area contributed by atoms with Gasteiger partial charge in [-0.3, -0.25) is 4.79 Å². The molecule has 0 fully saturated rings. The molecule has 32 heavy (non-hydrogen) atoms. The molecule has 3 aromatic carbocycles. The van der Waals surface area contributed by atoms with Crippen LogP contribution >= 0.6 is 0 Å². The summed E-state index contributed by atoms with van der Waals surface area (Å²) in [5.41, 5.74) is 5.41. The van der Waals surface area contributed by atoms with Crippen molar-refractivity contribution in [2.75, 3.05) is 18.1 Å². The van der Waals surface area contributed by atoms with Gasteiger partial charge in [-0.25, -0.2) is 4.39 Å². The Balaban J connectivity index is 1.42. The van der Waals surface area contributed by atoms with Crippen LogP contribution in [-0.4, -0.2) is 19.1 Å². The van der Waals surface area contributed by atoms with Gasteiger partial charge in [0.25, 0.3) is 0 Å². The van der Waals surface area contributed by atoms with Gasteiger partial charge in [0.15, 0.2) is 0 Å². The van der Waals surface area contributed by atoms with Crippen molar-refractivity contribution in [3.8, 4) is 5.75 Å². The number of esters is 1. The van der Waals surface area contributed by atoms with E-state index in [1.165, 1.54) is 22.9 Å². The molecule has 0 spiro atoms. The van der Waals surface area contributed by atoms with Crippen LogP contribution in [0.4, 0.5) is 10.1 Å². The SMILES string of the molecule is CCOC(=O)CCc1ccc(OCc2cccc3c2N(Cc2ccccc2)CC3)cc1F. The Hall–Kier alpha value is -3.34. The first-order valence-electron chi connectivity index (χ1n) is 11.1. The molecule has 0 bridgehead atoms. The molecule has 0 aliphatic carbocycles. The second-order valence-electron chi connectivity index (χ2n) is 7.93. The maximum Gasteiger partial charge on any atom is 0.306 e. The fourth-order valence-corrected chi connectivity index (χ4v) is 4.15. The molecule has 166 valence electrons.